The predicted octanol–water partition coefficient (Wildman–Crippen LogP) is 4.47. The average Bonchev–Trinajstić information content (AvgIpc) is 2.84. The van der Waals surface area contributed by atoms with Gasteiger partial charge in [-0.1, -0.05) is 26.3 Å². The molecule has 0 spiro atoms. The summed E-state index contributed by atoms with van der Waals surface area (Å²) in [6.45, 7) is 7.29. The average molecular weight is 368 g/mol. The van der Waals surface area contributed by atoms with Crippen molar-refractivity contribution in [3.05, 3.63) is 11.6 Å². The van der Waals surface area contributed by atoms with Crippen molar-refractivity contribution in [3.63, 3.8) is 0 Å². The Hall–Kier alpha value is -0.670. The molecule has 0 saturated heterocycles. The normalized spacial score (nSPS) is 42.1. The first-order valence-corrected chi connectivity index (χ1v) is 9.84. The van der Waals surface area contributed by atoms with Crippen molar-refractivity contribution in [3.8, 4) is 0 Å². The molecular weight excluding hydrogens is 334 g/mol. The molecule has 0 aromatic heterocycles. The van der Waals surface area contributed by atoms with E-state index in [1.807, 2.05) is 13.0 Å². The van der Waals surface area contributed by atoms with E-state index in [2.05, 4.69) is 13.8 Å². The number of halogens is 1. The molecule has 0 aromatic carbocycles. The molecule has 4 aliphatic carbocycles. The minimum atomic E-state index is -0.0246. The summed E-state index contributed by atoms with van der Waals surface area (Å²) in [5, 5.41) is 0. The Balaban J connectivity index is 0.000000528. The van der Waals surface area contributed by atoms with Gasteiger partial charge in [-0.2, -0.15) is 0 Å². The van der Waals surface area contributed by atoms with E-state index in [9.17, 15) is 9.59 Å². The number of carbonyl (C=O) groups is 2. The summed E-state index contributed by atoms with van der Waals surface area (Å²) in [5.41, 5.74) is 6.49. The summed E-state index contributed by atoms with van der Waals surface area (Å²) < 4.78 is 0. The summed E-state index contributed by atoms with van der Waals surface area (Å²) in [7, 11) is 0. The van der Waals surface area contributed by atoms with E-state index in [1.165, 1.54) is 18.4 Å². The van der Waals surface area contributed by atoms with E-state index in [4.69, 9.17) is 5.73 Å². The molecule has 4 rings (SSSR count). The molecule has 0 unspecified atom stereocenters. The van der Waals surface area contributed by atoms with Gasteiger partial charge >= 0.3 is 0 Å². The number of rotatable bonds is 0. The number of allylic oxidation sites excluding steroid dienone is 1. The number of fused-ring (bicyclic) bond motifs is 5. The Labute approximate surface area is 158 Å². The highest BCUT2D eigenvalue weighted by Crippen LogP contribution is 2.64. The van der Waals surface area contributed by atoms with Gasteiger partial charge in [-0.15, -0.1) is 12.4 Å². The highest BCUT2D eigenvalue weighted by atomic mass is 35.5. The molecule has 0 bridgehead atoms. The molecule has 25 heavy (non-hydrogen) atoms. The third-order valence-corrected chi connectivity index (χ3v) is 7.67. The maximum Gasteiger partial charge on any atom is 0.155 e. The molecule has 0 aromatic rings. The number of hydrogen-bond donors (Lipinski definition) is 1. The molecule has 142 valence electrons. The van der Waals surface area contributed by atoms with Crippen LogP contribution in [-0.4, -0.2) is 18.1 Å². The summed E-state index contributed by atoms with van der Waals surface area (Å²) in [4.78, 5) is 24.1. The lowest BCUT2D eigenvalue weighted by Gasteiger charge is -2.56. The van der Waals surface area contributed by atoms with Gasteiger partial charge in [0.25, 0.3) is 0 Å². The van der Waals surface area contributed by atoms with Crippen molar-refractivity contribution in [2.24, 2.45) is 34.3 Å². The second kappa shape index (κ2) is 7.52. The summed E-state index contributed by atoms with van der Waals surface area (Å²) in [6.07, 6.45) is 10.2. The maximum atomic E-state index is 12.4. The monoisotopic (exact) mass is 367 g/mol. The van der Waals surface area contributed by atoms with Crippen molar-refractivity contribution in [2.45, 2.75) is 72.1 Å². The fraction of sp³-hybridized carbons (Fsp3) is 0.810. The van der Waals surface area contributed by atoms with Crippen LogP contribution in [0.1, 0.15) is 72.1 Å². The van der Waals surface area contributed by atoms with Crippen LogP contribution in [0.2, 0.25) is 0 Å². The van der Waals surface area contributed by atoms with E-state index >= 15 is 0 Å². The highest BCUT2D eigenvalue weighted by Gasteiger charge is 2.58. The number of nitrogens with two attached hydrogens (primary N) is 1. The SMILES string of the molecule is CCN.C[C@]12CCC(=O)C=C1CC[C@@H]1[C@@H]2CC[C@]2(C)C(=O)CC[C@@H]12.Cl. The van der Waals surface area contributed by atoms with Crippen LogP contribution >= 0.6 is 12.4 Å². The van der Waals surface area contributed by atoms with Crippen LogP contribution in [0.15, 0.2) is 11.6 Å². The predicted molar refractivity (Wildman–Crippen MR) is 104 cm³/mol. The molecule has 3 nitrogen and oxygen atoms in total. The molecule has 3 saturated carbocycles. The Morgan fingerprint density at radius 1 is 1.00 bits per heavy atom. The first-order chi connectivity index (χ1) is 11.4. The van der Waals surface area contributed by atoms with Crippen LogP contribution in [0, 0.1) is 28.6 Å². The van der Waals surface area contributed by atoms with Gasteiger partial charge in [0.1, 0.15) is 5.78 Å². The molecule has 4 aliphatic rings. The zero-order valence-electron chi connectivity index (χ0n) is 16.0. The molecule has 4 heteroatoms. The number of ketones is 2. The van der Waals surface area contributed by atoms with Gasteiger partial charge in [0.2, 0.25) is 0 Å². The Morgan fingerprint density at radius 2 is 1.64 bits per heavy atom. The second-order valence-electron chi connectivity index (χ2n) is 8.80. The fourth-order valence-corrected chi connectivity index (χ4v) is 6.33. The Bertz CT molecular complexity index is 572. The second-order valence-corrected chi connectivity index (χ2v) is 8.80. The molecule has 0 heterocycles. The lowest BCUT2D eigenvalue weighted by atomic mass is 9.47. The van der Waals surface area contributed by atoms with Crippen molar-refractivity contribution in [1.29, 1.82) is 0 Å². The van der Waals surface area contributed by atoms with Crippen LogP contribution in [0.25, 0.3) is 0 Å². The van der Waals surface area contributed by atoms with Crippen LogP contribution in [0.3, 0.4) is 0 Å². The van der Waals surface area contributed by atoms with Gasteiger partial charge in [-0.05, 0) is 74.3 Å². The summed E-state index contributed by atoms with van der Waals surface area (Å²) in [6, 6.07) is 0. The minimum absolute atomic E-state index is 0. The minimum Gasteiger partial charge on any atom is -0.331 e. The van der Waals surface area contributed by atoms with Gasteiger partial charge in [0.15, 0.2) is 5.78 Å². The number of hydrogen-bond acceptors (Lipinski definition) is 3. The van der Waals surface area contributed by atoms with Gasteiger partial charge in [-0.3, -0.25) is 9.59 Å². The largest absolute Gasteiger partial charge is 0.331 e. The smallest absolute Gasteiger partial charge is 0.155 e. The Kier molecular flexibility index (Phi) is 6.21. The first-order valence-electron chi connectivity index (χ1n) is 9.84. The van der Waals surface area contributed by atoms with Crippen molar-refractivity contribution < 1.29 is 9.59 Å². The van der Waals surface area contributed by atoms with Gasteiger partial charge in [0.05, 0.1) is 0 Å². The fourth-order valence-electron chi connectivity index (χ4n) is 6.33. The van der Waals surface area contributed by atoms with E-state index in [0.717, 1.165) is 45.1 Å². The highest BCUT2D eigenvalue weighted by molar-refractivity contribution is 5.91. The number of Topliss-reactive ketones (excluding diaryl/α,β-unsaturated/α-hetero) is 1. The lowest BCUT2D eigenvalue weighted by Crippen LogP contribution is -2.50. The van der Waals surface area contributed by atoms with Crippen LogP contribution in [-0.2, 0) is 9.59 Å². The van der Waals surface area contributed by atoms with Crippen LogP contribution in [0.4, 0.5) is 0 Å². The topological polar surface area (TPSA) is 60.2 Å². The third-order valence-electron chi connectivity index (χ3n) is 7.67. The van der Waals surface area contributed by atoms with Gasteiger partial charge < -0.3 is 5.73 Å². The number of carbonyl (C=O) groups excluding carboxylic acids is 2. The molecular formula is C21H34ClNO2. The first kappa shape index (κ1) is 20.6. The van der Waals surface area contributed by atoms with Crippen molar-refractivity contribution in [2.75, 3.05) is 6.54 Å². The van der Waals surface area contributed by atoms with E-state index in [1.54, 1.807) is 0 Å². The van der Waals surface area contributed by atoms with Gasteiger partial charge in [-0.25, -0.2) is 0 Å². The molecule has 0 aliphatic heterocycles. The van der Waals surface area contributed by atoms with Crippen LogP contribution < -0.4 is 5.73 Å². The molecule has 3 fully saturated rings. The third kappa shape index (κ3) is 3.23. The molecule has 0 amide bonds. The zero-order chi connectivity index (χ0) is 17.5. The molecule has 2 N–H and O–H groups in total. The quantitative estimate of drug-likeness (QED) is 0.686. The maximum absolute atomic E-state index is 12.4. The van der Waals surface area contributed by atoms with Gasteiger partial charge in [0, 0.05) is 18.3 Å². The zero-order valence-corrected chi connectivity index (χ0v) is 16.8. The summed E-state index contributed by atoms with van der Waals surface area (Å²) in [5.74, 6) is 2.88. The van der Waals surface area contributed by atoms with E-state index in [0.29, 0.717) is 29.3 Å². The van der Waals surface area contributed by atoms with Crippen LogP contribution in [0.5, 0.6) is 0 Å². The van der Waals surface area contributed by atoms with E-state index < -0.39 is 0 Å². The van der Waals surface area contributed by atoms with Crippen molar-refractivity contribution >= 4 is 24.0 Å². The van der Waals surface area contributed by atoms with Crippen molar-refractivity contribution in [1.82, 2.24) is 0 Å². The Morgan fingerprint density at radius 3 is 2.32 bits per heavy atom. The molecule has 0 radical (unpaired) electrons. The molecule has 5 atom stereocenters. The lowest BCUT2D eigenvalue weighted by molar-refractivity contribution is -0.132. The van der Waals surface area contributed by atoms with E-state index in [-0.39, 0.29) is 23.2 Å². The standard InChI is InChI=1S/C19H26O2.C2H7N.ClH/c1-18-9-7-13(20)11-12(18)3-4-14-15-5-6-17(21)19(15,2)10-8-16(14)18;1-2-3;/h11,14-16H,3-10H2,1-2H3;2-3H2,1H3;1H/t14-,15-,16-,18-,19-;;/m0../s1. The summed E-state index contributed by atoms with van der Waals surface area (Å²) >= 11 is 0.